The van der Waals surface area contributed by atoms with Gasteiger partial charge in [0.25, 0.3) is 11.6 Å². The number of piperidine rings is 1. The molecule has 0 unspecified atom stereocenters. The Hall–Kier alpha value is -2.52. The Labute approximate surface area is 154 Å². The summed E-state index contributed by atoms with van der Waals surface area (Å²) in [4.78, 5) is 28.9. The molecule has 2 N–H and O–H groups in total. The van der Waals surface area contributed by atoms with Crippen LogP contribution in [0.5, 0.6) is 5.75 Å². The van der Waals surface area contributed by atoms with Crippen LogP contribution in [0.25, 0.3) is 0 Å². The van der Waals surface area contributed by atoms with Gasteiger partial charge in [0.05, 0.1) is 9.93 Å². The van der Waals surface area contributed by atoms with Crippen LogP contribution < -0.4 is 10.5 Å². The molecule has 9 heteroatoms. The van der Waals surface area contributed by atoms with Crippen molar-refractivity contribution in [1.29, 1.82) is 0 Å². The van der Waals surface area contributed by atoms with Gasteiger partial charge in [0.15, 0.2) is 0 Å². The van der Waals surface area contributed by atoms with Crippen molar-refractivity contribution in [2.24, 2.45) is 5.73 Å². The molecule has 1 fully saturated rings. The van der Waals surface area contributed by atoms with E-state index in [0.717, 1.165) is 5.01 Å². The molecule has 1 aliphatic heterocycles. The molecule has 1 saturated heterocycles. The van der Waals surface area contributed by atoms with Crippen LogP contribution in [-0.2, 0) is 6.42 Å². The summed E-state index contributed by atoms with van der Waals surface area (Å²) in [6.07, 6.45) is 2.09. The lowest BCUT2D eigenvalue weighted by atomic mass is 10.1. The molecule has 2 heterocycles. The van der Waals surface area contributed by atoms with Crippen LogP contribution >= 0.6 is 11.3 Å². The van der Waals surface area contributed by atoms with Crippen LogP contribution in [0.15, 0.2) is 29.6 Å². The molecular weight excluding hydrogens is 356 g/mol. The van der Waals surface area contributed by atoms with E-state index in [1.165, 1.54) is 23.5 Å². The summed E-state index contributed by atoms with van der Waals surface area (Å²) in [6.45, 7) is 1.72. The molecule has 0 radical (unpaired) electrons. The van der Waals surface area contributed by atoms with E-state index in [0.29, 0.717) is 50.3 Å². The third kappa shape index (κ3) is 4.36. The van der Waals surface area contributed by atoms with E-state index in [2.05, 4.69) is 4.98 Å². The van der Waals surface area contributed by atoms with Crippen LogP contribution in [0.2, 0.25) is 0 Å². The molecule has 0 saturated carbocycles. The lowest BCUT2D eigenvalue weighted by Crippen LogP contribution is -2.41. The van der Waals surface area contributed by atoms with Gasteiger partial charge in [-0.1, -0.05) is 0 Å². The van der Waals surface area contributed by atoms with Crippen molar-refractivity contribution in [3.05, 3.63) is 50.5 Å². The maximum atomic E-state index is 12.5. The number of amides is 1. The number of thiazole rings is 1. The van der Waals surface area contributed by atoms with E-state index in [1.807, 2.05) is 0 Å². The molecule has 138 valence electrons. The Morgan fingerprint density at radius 2 is 2.04 bits per heavy atom. The molecule has 1 aromatic carbocycles. The van der Waals surface area contributed by atoms with Crippen LogP contribution in [0.4, 0.5) is 5.69 Å². The average molecular weight is 376 g/mol. The number of nitro benzene ring substituents is 1. The third-order valence-electron chi connectivity index (χ3n) is 4.21. The highest BCUT2D eigenvalue weighted by Gasteiger charge is 2.26. The average Bonchev–Trinajstić information content (AvgIpc) is 3.11. The third-order valence-corrected chi connectivity index (χ3v) is 5.12. The van der Waals surface area contributed by atoms with Crippen molar-refractivity contribution < 1.29 is 14.5 Å². The van der Waals surface area contributed by atoms with Crippen LogP contribution in [-0.4, -0.2) is 46.5 Å². The highest BCUT2D eigenvalue weighted by Crippen LogP contribution is 2.23. The maximum Gasteiger partial charge on any atom is 0.273 e. The molecular formula is C17H20N4O4S. The number of rotatable bonds is 6. The van der Waals surface area contributed by atoms with Gasteiger partial charge in [0, 0.05) is 49.9 Å². The molecule has 0 bridgehead atoms. The fourth-order valence-electron chi connectivity index (χ4n) is 2.83. The van der Waals surface area contributed by atoms with Gasteiger partial charge in [-0.3, -0.25) is 14.9 Å². The number of ether oxygens (including phenoxy) is 1. The molecule has 1 aromatic heterocycles. The van der Waals surface area contributed by atoms with Gasteiger partial charge in [-0.15, -0.1) is 11.3 Å². The highest BCUT2D eigenvalue weighted by atomic mass is 32.1. The summed E-state index contributed by atoms with van der Waals surface area (Å²) in [5.41, 5.74) is 6.03. The van der Waals surface area contributed by atoms with Gasteiger partial charge < -0.3 is 15.4 Å². The van der Waals surface area contributed by atoms with E-state index in [-0.39, 0.29) is 17.7 Å². The SMILES string of the molecule is NCCc1nc(C(=O)N2CCC(Oc3ccc([N+](=O)[O-])cc3)CC2)cs1. The number of carbonyl (C=O) groups is 1. The smallest absolute Gasteiger partial charge is 0.273 e. The number of likely N-dealkylation sites (tertiary alicyclic amines) is 1. The molecule has 26 heavy (non-hydrogen) atoms. The van der Waals surface area contributed by atoms with Crippen molar-refractivity contribution in [3.63, 3.8) is 0 Å². The fourth-order valence-corrected chi connectivity index (χ4v) is 3.61. The van der Waals surface area contributed by atoms with Crippen molar-refractivity contribution in [2.45, 2.75) is 25.4 Å². The van der Waals surface area contributed by atoms with E-state index < -0.39 is 4.92 Å². The van der Waals surface area contributed by atoms with E-state index >= 15 is 0 Å². The Kier molecular flexibility index (Phi) is 5.79. The zero-order valence-corrected chi connectivity index (χ0v) is 15.0. The maximum absolute atomic E-state index is 12.5. The van der Waals surface area contributed by atoms with E-state index in [4.69, 9.17) is 10.5 Å². The Morgan fingerprint density at radius 1 is 1.35 bits per heavy atom. The number of nitrogens with two attached hydrogens (primary N) is 1. The second-order valence-corrected chi connectivity index (χ2v) is 6.97. The second kappa shape index (κ2) is 8.24. The van der Waals surface area contributed by atoms with E-state index in [9.17, 15) is 14.9 Å². The van der Waals surface area contributed by atoms with Crippen LogP contribution in [0.1, 0.15) is 28.3 Å². The Bertz CT molecular complexity index is 769. The van der Waals surface area contributed by atoms with Gasteiger partial charge >= 0.3 is 0 Å². The number of non-ortho nitro benzene ring substituents is 1. The van der Waals surface area contributed by atoms with Crippen molar-refractivity contribution in [2.75, 3.05) is 19.6 Å². The van der Waals surface area contributed by atoms with Crippen LogP contribution in [0.3, 0.4) is 0 Å². The molecule has 0 atom stereocenters. The normalized spacial score (nSPS) is 15.0. The standard InChI is InChI=1S/C17H20N4O4S/c18-8-5-16-19-15(11-26-16)17(22)20-9-6-14(7-10-20)25-13-3-1-12(2-4-13)21(23)24/h1-4,11,14H,5-10,18H2. The molecule has 1 aliphatic rings. The van der Waals surface area contributed by atoms with Crippen molar-refractivity contribution in [3.8, 4) is 5.75 Å². The minimum absolute atomic E-state index is 0.0104. The monoisotopic (exact) mass is 376 g/mol. The summed E-state index contributed by atoms with van der Waals surface area (Å²) in [5.74, 6) is 0.546. The van der Waals surface area contributed by atoms with Gasteiger partial charge in [0.2, 0.25) is 0 Å². The lowest BCUT2D eigenvalue weighted by Gasteiger charge is -2.31. The number of hydrogen-bond donors (Lipinski definition) is 1. The molecule has 8 nitrogen and oxygen atoms in total. The Morgan fingerprint density at radius 3 is 2.65 bits per heavy atom. The summed E-state index contributed by atoms with van der Waals surface area (Å²) < 4.78 is 5.87. The van der Waals surface area contributed by atoms with Crippen molar-refractivity contribution >= 4 is 22.9 Å². The van der Waals surface area contributed by atoms with Gasteiger partial charge in [0.1, 0.15) is 17.5 Å². The molecule has 2 aromatic rings. The first-order chi connectivity index (χ1) is 12.6. The first-order valence-electron chi connectivity index (χ1n) is 8.41. The Balaban J connectivity index is 1.51. The quantitative estimate of drug-likeness (QED) is 0.611. The topological polar surface area (TPSA) is 112 Å². The first-order valence-corrected chi connectivity index (χ1v) is 9.29. The molecule has 1 amide bonds. The summed E-state index contributed by atoms with van der Waals surface area (Å²) >= 11 is 1.46. The zero-order valence-electron chi connectivity index (χ0n) is 14.2. The number of hydrogen-bond acceptors (Lipinski definition) is 7. The lowest BCUT2D eigenvalue weighted by molar-refractivity contribution is -0.384. The predicted molar refractivity (Wildman–Crippen MR) is 97.5 cm³/mol. The minimum Gasteiger partial charge on any atom is -0.490 e. The van der Waals surface area contributed by atoms with Gasteiger partial charge in [-0.05, 0) is 18.7 Å². The molecule has 0 aliphatic carbocycles. The second-order valence-electron chi connectivity index (χ2n) is 6.03. The summed E-state index contributed by atoms with van der Waals surface area (Å²) in [5, 5.41) is 13.3. The highest BCUT2D eigenvalue weighted by molar-refractivity contribution is 7.09. The zero-order chi connectivity index (χ0) is 18.5. The predicted octanol–water partition coefficient (Wildman–Crippen LogP) is 2.24. The first kappa shape index (κ1) is 18.3. The number of carbonyl (C=O) groups excluding carboxylic acids is 1. The van der Waals surface area contributed by atoms with Gasteiger partial charge in [-0.2, -0.15) is 0 Å². The fraction of sp³-hybridized carbons (Fsp3) is 0.412. The van der Waals surface area contributed by atoms with Crippen molar-refractivity contribution in [1.82, 2.24) is 9.88 Å². The molecule has 3 rings (SSSR count). The molecule has 0 spiro atoms. The summed E-state index contributed by atoms with van der Waals surface area (Å²) in [6, 6.07) is 6.05. The number of nitro groups is 1. The van der Waals surface area contributed by atoms with Gasteiger partial charge in [-0.25, -0.2) is 4.98 Å². The largest absolute Gasteiger partial charge is 0.490 e. The summed E-state index contributed by atoms with van der Waals surface area (Å²) in [7, 11) is 0. The number of benzene rings is 1. The number of aromatic nitrogens is 1. The minimum atomic E-state index is -0.439. The van der Waals surface area contributed by atoms with Crippen LogP contribution in [0, 0.1) is 10.1 Å². The van der Waals surface area contributed by atoms with E-state index in [1.54, 1.807) is 22.4 Å². The number of nitrogens with zero attached hydrogens (tertiary/aromatic N) is 3.